The van der Waals surface area contributed by atoms with Crippen LogP contribution in [0.4, 0.5) is 0 Å². The maximum Gasteiger partial charge on any atom is 0.0201 e. The van der Waals surface area contributed by atoms with Crippen LogP contribution in [0.15, 0.2) is 24.3 Å². The van der Waals surface area contributed by atoms with Crippen molar-refractivity contribution in [2.75, 3.05) is 13.1 Å². The standard InChI is InChI=1S/C11H12IN/c12-13-6-8-5-9(7-13)11-4-2-1-3-10(8)11/h1-4,8-9H,5-7H2. The lowest BCUT2D eigenvalue weighted by atomic mass is 9.98. The third kappa shape index (κ3) is 1.22. The summed E-state index contributed by atoms with van der Waals surface area (Å²) in [5.41, 5.74) is 3.23. The Morgan fingerprint density at radius 2 is 1.62 bits per heavy atom. The molecule has 2 heteroatoms. The maximum atomic E-state index is 2.46. The van der Waals surface area contributed by atoms with E-state index in [1.165, 1.54) is 19.5 Å². The summed E-state index contributed by atoms with van der Waals surface area (Å²) in [6.07, 6.45) is 1.39. The molecular weight excluding hydrogens is 273 g/mol. The Balaban J connectivity index is 2.09. The van der Waals surface area contributed by atoms with Crippen LogP contribution in [0.5, 0.6) is 0 Å². The van der Waals surface area contributed by atoms with E-state index in [9.17, 15) is 0 Å². The van der Waals surface area contributed by atoms with E-state index >= 15 is 0 Å². The first-order valence-electron chi connectivity index (χ1n) is 4.84. The molecule has 3 rings (SSSR count). The summed E-state index contributed by atoms with van der Waals surface area (Å²) in [5.74, 6) is 1.62. The number of rotatable bonds is 0. The van der Waals surface area contributed by atoms with Gasteiger partial charge in [-0.15, -0.1) is 0 Å². The zero-order valence-corrected chi connectivity index (χ0v) is 9.57. The third-order valence-corrected chi connectivity index (χ3v) is 4.07. The van der Waals surface area contributed by atoms with Gasteiger partial charge in [-0.25, -0.2) is 3.11 Å². The molecule has 0 saturated carbocycles. The summed E-state index contributed by atoms with van der Waals surface area (Å²) >= 11 is 2.46. The van der Waals surface area contributed by atoms with Gasteiger partial charge in [0.2, 0.25) is 0 Å². The van der Waals surface area contributed by atoms with Gasteiger partial charge in [0.1, 0.15) is 0 Å². The highest BCUT2D eigenvalue weighted by Crippen LogP contribution is 2.46. The molecule has 2 atom stereocenters. The summed E-state index contributed by atoms with van der Waals surface area (Å²) < 4.78 is 2.44. The molecule has 1 nitrogen and oxygen atoms in total. The SMILES string of the molecule is IN1CC2CC(C1)c1ccccc12. The predicted octanol–water partition coefficient (Wildman–Crippen LogP) is 2.92. The average molecular weight is 285 g/mol. The molecule has 68 valence electrons. The van der Waals surface area contributed by atoms with E-state index in [-0.39, 0.29) is 0 Å². The molecule has 2 bridgehead atoms. The van der Waals surface area contributed by atoms with Gasteiger partial charge < -0.3 is 0 Å². The highest BCUT2D eigenvalue weighted by atomic mass is 127. The molecule has 1 aliphatic heterocycles. The number of nitrogens with zero attached hydrogens (tertiary/aromatic N) is 1. The summed E-state index contributed by atoms with van der Waals surface area (Å²) in [7, 11) is 0. The Hall–Kier alpha value is -0.0900. The summed E-state index contributed by atoms with van der Waals surface area (Å²) in [6, 6.07) is 8.99. The first kappa shape index (κ1) is 8.24. The molecule has 2 unspecified atom stereocenters. The highest BCUT2D eigenvalue weighted by molar-refractivity contribution is 14.1. The molecule has 1 heterocycles. The molecule has 1 aliphatic carbocycles. The molecule has 0 radical (unpaired) electrons. The first-order valence-corrected chi connectivity index (χ1v) is 5.80. The van der Waals surface area contributed by atoms with E-state index < -0.39 is 0 Å². The number of benzene rings is 1. The molecule has 0 amide bonds. The van der Waals surface area contributed by atoms with Crippen LogP contribution in [0.3, 0.4) is 0 Å². The Morgan fingerprint density at radius 3 is 2.15 bits per heavy atom. The maximum absolute atomic E-state index is 2.46. The van der Waals surface area contributed by atoms with E-state index in [1.54, 1.807) is 11.1 Å². The lowest BCUT2D eigenvalue weighted by Crippen LogP contribution is -2.26. The van der Waals surface area contributed by atoms with Crippen molar-refractivity contribution in [3.63, 3.8) is 0 Å². The average Bonchev–Trinajstić information content (AvgIpc) is 2.41. The lowest BCUT2D eigenvalue weighted by Gasteiger charge is -2.26. The van der Waals surface area contributed by atoms with Gasteiger partial charge in [0.25, 0.3) is 0 Å². The Kier molecular flexibility index (Phi) is 1.87. The van der Waals surface area contributed by atoms with Gasteiger partial charge in [0.15, 0.2) is 0 Å². The third-order valence-electron chi connectivity index (χ3n) is 3.28. The summed E-state index contributed by atoms with van der Waals surface area (Å²) in [5, 5.41) is 0. The number of hydrogen-bond donors (Lipinski definition) is 0. The van der Waals surface area contributed by atoms with Gasteiger partial charge in [-0.3, -0.25) is 0 Å². The van der Waals surface area contributed by atoms with Crippen LogP contribution in [-0.4, -0.2) is 16.2 Å². The second-order valence-corrected chi connectivity index (χ2v) is 5.45. The van der Waals surface area contributed by atoms with Crippen molar-refractivity contribution >= 4 is 22.9 Å². The van der Waals surface area contributed by atoms with Crippen LogP contribution in [-0.2, 0) is 0 Å². The van der Waals surface area contributed by atoms with Gasteiger partial charge in [0, 0.05) is 36.0 Å². The fourth-order valence-electron chi connectivity index (χ4n) is 2.75. The molecule has 13 heavy (non-hydrogen) atoms. The molecule has 0 aromatic heterocycles. The summed E-state index contributed by atoms with van der Waals surface area (Å²) in [6.45, 7) is 2.49. The van der Waals surface area contributed by atoms with Crippen molar-refractivity contribution in [2.24, 2.45) is 0 Å². The van der Waals surface area contributed by atoms with Gasteiger partial charge in [-0.05, 0) is 29.4 Å². The number of halogens is 1. The van der Waals surface area contributed by atoms with Gasteiger partial charge >= 0.3 is 0 Å². The Labute approximate surface area is 92.6 Å². The zero-order chi connectivity index (χ0) is 8.84. The van der Waals surface area contributed by atoms with E-state index in [0.717, 1.165) is 11.8 Å². The van der Waals surface area contributed by atoms with Crippen LogP contribution in [0.25, 0.3) is 0 Å². The van der Waals surface area contributed by atoms with Gasteiger partial charge in [-0.1, -0.05) is 24.3 Å². The molecule has 0 spiro atoms. The normalized spacial score (nSPS) is 31.8. The van der Waals surface area contributed by atoms with E-state index in [4.69, 9.17) is 0 Å². The van der Waals surface area contributed by atoms with E-state index in [0.29, 0.717) is 0 Å². The topological polar surface area (TPSA) is 3.24 Å². The van der Waals surface area contributed by atoms with Crippen LogP contribution < -0.4 is 0 Å². The molecule has 1 saturated heterocycles. The van der Waals surface area contributed by atoms with E-state index in [2.05, 4.69) is 50.2 Å². The molecule has 1 aromatic rings. The molecule has 1 fully saturated rings. The fraction of sp³-hybridized carbons (Fsp3) is 0.455. The van der Waals surface area contributed by atoms with Crippen molar-refractivity contribution in [3.8, 4) is 0 Å². The van der Waals surface area contributed by atoms with Crippen molar-refractivity contribution < 1.29 is 0 Å². The van der Waals surface area contributed by atoms with Gasteiger partial charge in [0.05, 0.1) is 0 Å². The minimum atomic E-state index is 0.812. The summed E-state index contributed by atoms with van der Waals surface area (Å²) in [4.78, 5) is 0. The number of hydrogen-bond acceptors (Lipinski definition) is 1. The van der Waals surface area contributed by atoms with Crippen LogP contribution in [0, 0.1) is 0 Å². The predicted molar refractivity (Wildman–Crippen MR) is 62.1 cm³/mol. The fourth-order valence-corrected chi connectivity index (χ4v) is 3.70. The first-order chi connectivity index (χ1) is 6.34. The van der Waals surface area contributed by atoms with Crippen LogP contribution >= 0.6 is 22.9 Å². The molecule has 2 aliphatic rings. The minimum absolute atomic E-state index is 0.812. The van der Waals surface area contributed by atoms with E-state index in [1.807, 2.05) is 0 Å². The second kappa shape index (κ2) is 2.95. The molecular formula is C11H12IN. The van der Waals surface area contributed by atoms with Crippen molar-refractivity contribution in [1.82, 2.24) is 3.11 Å². The van der Waals surface area contributed by atoms with Crippen molar-refractivity contribution in [1.29, 1.82) is 0 Å². The Bertz CT molecular complexity index is 302. The smallest absolute Gasteiger partial charge is 0.0201 e. The minimum Gasteiger partial charge on any atom is -0.246 e. The quantitative estimate of drug-likeness (QED) is 0.523. The van der Waals surface area contributed by atoms with Crippen LogP contribution in [0.1, 0.15) is 29.4 Å². The molecule has 0 N–H and O–H groups in total. The van der Waals surface area contributed by atoms with Crippen molar-refractivity contribution in [3.05, 3.63) is 35.4 Å². The second-order valence-electron chi connectivity index (χ2n) is 4.09. The highest BCUT2D eigenvalue weighted by Gasteiger charge is 2.36. The number of piperidine rings is 1. The van der Waals surface area contributed by atoms with Gasteiger partial charge in [-0.2, -0.15) is 0 Å². The Morgan fingerprint density at radius 1 is 1.08 bits per heavy atom. The monoisotopic (exact) mass is 285 g/mol. The molecule has 1 aromatic carbocycles. The number of fused-ring (bicyclic) bond motifs is 5. The zero-order valence-electron chi connectivity index (χ0n) is 7.41. The lowest BCUT2D eigenvalue weighted by molar-refractivity contribution is 0.358. The van der Waals surface area contributed by atoms with Crippen molar-refractivity contribution in [2.45, 2.75) is 18.3 Å². The van der Waals surface area contributed by atoms with Crippen LogP contribution in [0.2, 0.25) is 0 Å². The largest absolute Gasteiger partial charge is 0.246 e.